The van der Waals surface area contributed by atoms with E-state index < -0.39 is 41.5 Å². The standard InChI is InChI=1S/C27H18F7N3O5/c28-18-11-17(26(29,30)31)12-19(13-18)37-14-22(15-1-7-21(8-2-15)42-27(32,33)34)25(36-37)41-20-5-3-16(4-6-20)24(40)35-10-9-23(38)39/h1-8,11-14H,9-10H2,(H,35,40)(H,38,39). The van der Waals surface area contributed by atoms with Crippen molar-refractivity contribution >= 4 is 11.9 Å². The first-order valence-corrected chi connectivity index (χ1v) is 11.8. The van der Waals surface area contributed by atoms with Gasteiger partial charge in [-0.3, -0.25) is 9.59 Å². The SMILES string of the molecule is O=C(O)CCNC(=O)c1ccc(Oc2nn(-c3cc(F)cc(C(F)(F)F)c3)cc2-c2ccc(OC(F)(F)F)cc2)cc1. The molecule has 0 fully saturated rings. The topological polar surface area (TPSA) is 103 Å². The van der Waals surface area contributed by atoms with Crippen molar-refractivity contribution in [2.24, 2.45) is 0 Å². The molecule has 0 unspecified atom stereocenters. The summed E-state index contributed by atoms with van der Waals surface area (Å²) in [6.45, 7) is -0.101. The summed E-state index contributed by atoms with van der Waals surface area (Å²) < 4.78 is 102. The minimum absolute atomic E-state index is 0.101. The zero-order chi connectivity index (χ0) is 30.7. The van der Waals surface area contributed by atoms with Gasteiger partial charge in [-0.1, -0.05) is 12.1 Å². The second-order valence-electron chi connectivity index (χ2n) is 8.59. The van der Waals surface area contributed by atoms with Gasteiger partial charge in [-0.25, -0.2) is 9.07 Å². The molecule has 0 aliphatic carbocycles. The van der Waals surface area contributed by atoms with Crippen LogP contribution in [0.5, 0.6) is 17.4 Å². The Kier molecular flexibility index (Phi) is 8.40. The molecule has 0 atom stereocenters. The second-order valence-corrected chi connectivity index (χ2v) is 8.59. The Morgan fingerprint density at radius 1 is 0.905 bits per heavy atom. The van der Waals surface area contributed by atoms with E-state index in [1.165, 1.54) is 42.6 Å². The molecule has 15 heteroatoms. The molecule has 4 rings (SSSR count). The zero-order valence-electron chi connectivity index (χ0n) is 21.0. The van der Waals surface area contributed by atoms with Crippen LogP contribution < -0.4 is 14.8 Å². The smallest absolute Gasteiger partial charge is 0.481 e. The Labute approximate surface area is 231 Å². The third-order valence-corrected chi connectivity index (χ3v) is 5.51. The number of amides is 1. The number of halogens is 7. The Hall–Kier alpha value is -5.08. The molecular weight excluding hydrogens is 579 g/mol. The van der Waals surface area contributed by atoms with E-state index in [4.69, 9.17) is 9.84 Å². The molecule has 0 saturated carbocycles. The molecule has 1 amide bonds. The average Bonchev–Trinajstić information content (AvgIpc) is 3.31. The summed E-state index contributed by atoms with van der Waals surface area (Å²) in [5.41, 5.74) is -1.08. The lowest BCUT2D eigenvalue weighted by molar-refractivity contribution is -0.274. The Bertz CT molecular complexity index is 1580. The van der Waals surface area contributed by atoms with Crippen molar-refractivity contribution in [2.45, 2.75) is 19.0 Å². The van der Waals surface area contributed by atoms with Gasteiger partial charge in [0, 0.05) is 18.3 Å². The van der Waals surface area contributed by atoms with Gasteiger partial charge in [-0.2, -0.15) is 13.2 Å². The number of alkyl halides is 6. The molecule has 1 heterocycles. The van der Waals surface area contributed by atoms with Gasteiger partial charge in [0.25, 0.3) is 5.91 Å². The lowest BCUT2D eigenvalue weighted by Crippen LogP contribution is -2.25. The Morgan fingerprint density at radius 2 is 1.55 bits per heavy atom. The number of carbonyl (C=O) groups is 2. The molecule has 0 aliphatic heterocycles. The maximum Gasteiger partial charge on any atom is 0.573 e. The van der Waals surface area contributed by atoms with Crippen LogP contribution in [0.2, 0.25) is 0 Å². The minimum Gasteiger partial charge on any atom is -0.481 e. The number of carboxylic acids is 1. The van der Waals surface area contributed by atoms with Gasteiger partial charge in [0.05, 0.1) is 23.2 Å². The van der Waals surface area contributed by atoms with E-state index in [2.05, 4.69) is 15.2 Å². The second kappa shape index (κ2) is 11.8. The molecule has 8 nitrogen and oxygen atoms in total. The molecule has 0 radical (unpaired) electrons. The van der Waals surface area contributed by atoms with Crippen LogP contribution in [0, 0.1) is 5.82 Å². The Morgan fingerprint density at radius 3 is 2.14 bits per heavy atom. The van der Waals surface area contributed by atoms with Crippen LogP contribution in [0.25, 0.3) is 16.8 Å². The van der Waals surface area contributed by atoms with Gasteiger partial charge in [-0.05, 0) is 60.2 Å². The number of rotatable bonds is 9. The lowest BCUT2D eigenvalue weighted by Gasteiger charge is -2.10. The predicted molar refractivity (Wildman–Crippen MR) is 132 cm³/mol. The number of aliphatic carboxylic acids is 1. The fourth-order valence-electron chi connectivity index (χ4n) is 3.64. The summed E-state index contributed by atoms with van der Waals surface area (Å²) in [6.07, 6.45) is -8.87. The highest BCUT2D eigenvalue weighted by Gasteiger charge is 2.32. The number of aromatic nitrogens is 2. The van der Waals surface area contributed by atoms with Gasteiger partial charge >= 0.3 is 18.5 Å². The molecule has 220 valence electrons. The molecule has 0 spiro atoms. The van der Waals surface area contributed by atoms with Crippen molar-refractivity contribution in [1.82, 2.24) is 15.1 Å². The number of nitrogens with zero attached hydrogens (tertiary/aromatic N) is 2. The molecular formula is C27H18F7N3O5. The van der Waals surface area contributed by atoms with Gasteiger partial charge < -0.3 is 19.9 Å². The third-order valence-electron chi connectivity index (χ3n) is 5.51. The van der Waals surface area contributed by atoms with Crippen LogP contribution >= 0.6 is 0 Å². The minimum atomic E-state index is -4.94. The molecule has 3 aromatic carbocycles. The number of ether oxygens (including phenoxy) is 2. The van der Waals surface area contributed by atoms with E-state index in [0.29, 0.717) is 12.1 Å². The van der Waals surface area contributed by atoms with Crippen molar-refractivity contribution in [1.29, 1.82) is 0 Å². The fourth-order valence-corrected chi connectivity index (χ4v) is 3.64. The number of benzene rings is 3. The third kappa shape index (κ3) is 7.77. The highest BCUT2D eigenvalue weighted by atomic mass is 19.4. The van der Waals surface area contributed by atoms with Gasteiger partial charge in [0.2, 0.25) is 5.88 Å². The van der Waals surface area contributed by atoms with E-state index in [0.717, 1.165) is 22.9 Å². The monoisotopic (exact) mass is 597 g/mol. The quantitative estimate of drug-likeness (QED) is 0.211. The van der Waals surface area contributed by atoms with Gasteiger partial charge in [0.1, 0.15) is 17.3 Å². The summed E-state index contributed by atoms with van der Waals surface area (Å²) in [5.74, 6) is -3.47. The molecule has 0 aliphatic rings. The van der Waals surface area contributed by atoms with Crippen LogP contribution in [-0.4, -0.2) is 39.7 Å². The van der Waals surface area contributed by atoms with Crippen LogP contribution in [0.4, 0.5) is 30.7 Å². The molecule has 2 N–H and O–H groups in total. The number of nitrogens with one attached hydrogen (secondary N) is 1. The predicted octanol–water partition coefficient (Wildman–Crippen LogP) is 6.59. The normalized spacial score (nSPS) is 11.7. The van der Waals surface area contributed by atoms with Gasteiger partial charge in [0.15, 0.2) is 0 Å². The van der Waals surface area contributed by atoms with E-state index in [-0.39, 0.29) is 47.0 Å². The maximum atomic E-state index is 14.1. The van der Waals surface area contributed by atoms with Crippen LogP contribution in [-0.2, 0) is 11.0 Å². The van der Waals surface area contributed by atoms with Crippen molar-refractivity contribution in [3.63, 3.8) is 0 Å². The highest BCUT2D eigenvalue weighted by Crippen LogP contribution is 2.36. The number of hydrogen-bond donors (Lipinski definition) is 2. The van der Waals surface area contributed by atoms with Gasteiger partial charge in [-0.15, -0.1) is 18.3 Å². The number of hydrogen-bond acceptors (Lipinski definition) is 5. The molecule has 0 bridgehead atoms. The summed E-state index contributed by atoms with van der Waals surface area (Å²) >= 11 is 0. The van der Waals surface area contributed by atoms with Crippen molar-refractivity contribution in [2.75, 3.05) is 6.54 Å². The summed E-state index contributed by atoms with van der Waals surface area (Å²) in [7, 11) is 0. The van der Waals surface area contributed by atoms with E-state index in [9.17, 15) is 40.3 Å². The van der Waals surface area contributed by atoms with Crippen molar-refractivity contribution < 1.29 is 54.9 Å². The van der Waals surface area contributed by atoms with E-state index in [1.54, 1.807) is 0 Å². The summed E-state index contributed by atoms with van der Waals surface area (Å²) in [5, 5.41) is 15.2. The van der Waals surface area contributed by atoms with Crippen LogP contribution in [0.15, 0.2) is 72.9 Å². The molecule has 0 saturated heterocycles. The zero-order valence-corrected chi connectivity index (χ0v) is 21.0. The largest absolute Gasteiger partial charge is 0.573 e. The summed E-state index contributed by atoms with van der Waals surface area (Å²) in [6, 6.07) is 11.7. The molecule has 42 heavy (non-hydrogen) atoms. The summed E-state index contributed by atoms with van der Waals surface area (Å²) in [4.78, 5) is 22.8. The van der Waals surface area contributed by atoms with E-state index in [1.807, 2.05) is 0 Å². The molecule has 4 aromatic rings. The first-order valence-electron chi connectivity index (χ1n) is 11.8. The lowest BCUT2D eigenvalue weighted by atomic mass is 10.1. The number of carboxylic acid groups (broad SMARTS) is 1. The maximum absolute atomic E-state index is 14.1. The fraction of sp³-hybridized carbons (Fsp3) is 0.148. The first kappa shape index (κ1) is 29.9. The van der Waals surface area contributed by atoms with Crippen LogP contribution in [0.3, 0.4) is 0 Å². The Balaban J connectivity index is 1.67. The number of carbonyl (C=O) groups excluding carboxylic acids is 1. The van der Waals surface area contributed by atoms with Crippen molar-refractivity contribution in [3.05, 3.63) is 89.9 Å². The van der Waals surface area contributed by atoms with Crippen LogP contribution in [0.1, 0.15) is 22.3 Å². The first-order chi connectivity index (χ1) is 19.7. The highest BCUT2D eigenvalue weighted by molar-refractivity contribution is 5.94. The average molecular weight is 597 g/mol. The molecule has 1 aromatic heterocycles. The van der Waals surface area contributed by atoms with E-state index >= 15 is 0 Å². The van der Waals surface area contributed by atoms with Crippen molar-refractivity contribution in [3.8, 4) is 34.2 Å².